The molecule has 2 aromatic heterocycles. The van der Waals surface area contributed by atoms with Gasteiger partial charge in [-0.3, -0.25) is 23.5 Å². The summed E-state index contributed by atoms with van der Waals surface area (Å²) >= 11 is 0. The molecule has 64 heavy (non-hydrogen) atoms. The molecule has 2 amide bonds. The van der Waals surface area contributed by atoms with Crippen LogP contribution in [0.2, 0.25) is 0 Å². The lowest BCUT2D eigenvalue weighted by molar-refractivity contribution is -0.141. The second-order valence-electron chi connectivity index (χ2n) is 15.4. The highest BCUT2D eigenvalue weighted by Gasteiger charge is 2.59. The van der Waals surface area contributed by atoms with Gasteiger partial charge >= 0.3 is 17.6 Å². The van der Waals surface area contributed by atoms with Gasteiger partial charge in [-0.05, 0) is 66.9 Å². The van der Waals surface area contributed by atoms with Crippen molar-refractivity contribution in [3.8, 4) is 40.1 Å². The Morgan fingerprint density at radius 1 is 0.953 bits per heavy atom. The molecule has 21 heteroatoms. The first kappa shape index (κ1) is 45.1. The van der Waals surface area contributed by atoms with Gasteiger partial charge in [-0.2, -0.15) is 13.8 Å². The van der Waals surface area contributed by atoms with E-state index in [1.807, 2.05) is 18.7 Å². The van der Waals surface area contributed by atoms with Gasteiger partial charge in [0.1, 0.15) is 17.6 Å². The number of esters is 1. The van der Waals surface area contributed by atoms with Crippen LogP contribution in [-0.4, -0.2) is 132 Å². The van der Waals surface area contributed by atoms with Gasteiger partial charge in [0.2, 0.25) is 12.1 Å². The molecule has 0 unspecified atom stereocenters. The molecule has 0 spiro atoms. The number of aliphatic hydroxyl groups is 2. The number of carbonyl (C=O) groups is 3. The van der Waals surface area contributed by atoms with Crippen LogP contribution < -0.4 is 25.4 Å². The number of alkyl halides is 2. The summed E-state index contributed by atoms with van der Waals surface area (Å²) in [6, 6.07) is 15.5. The zero-order valence-electron chi connectivity index (χ0n) is 35.1. The van der Waals surface area contributed by atoms with Gasteiger partial charge in [-0.1, -0.05) is 13.8 Å². The number of hydrogen-bond donors (Lipinski definition) is 5. The van der Waals surface area contributed by atoms with Crippen molar-refractivity contribution in [1.29, 1.82) is 0 Å². The number of aromatic hydroxyl groups is 2. The number of aliphatic hydroxyl groups excluding tert-OH is 2. The third kappa shape index (κ3) is 8.81. The molecular formula is C43H46F2N8O11. The highest BCUT2D eigenvalue weighted by atomic mass is 19.3. The number of benzene rings is 3. The highest BCUT2D eigenvalue weighted by molar-refractivity contribution is 5.95. The number of amides is 2. The van der Waals surface area contributed by atoms with E-state index in [0.717, 1.165) is 18.0 Å². The standard InChI is InChI=1S/C43H46F2N8O11/c1-5-46-39(59)38-49-48-37(29-20-28(23(2)3)30(55)21-31(29)56)53(38)26-8-6-24(7-9-26)40(60)51-16-14-50(15-17-51)27-10-11-32(33(19-27)62-4)63-35(57)18-25-12-13-52(42(61)47-25)41-43(44,45)36(58)34(22-54)64-41/h6-13,19-21,23,34,36,41,54-56,58H,5,14-18,22H2,1-4H3,(H,46,59)/t34-,36-,41-/m0/s1. The zero-order valence-corrected chi connectivity index (χ0v) is 35.1. The van der Waals surface area contributed by atoms with Crippen molar-refractivity contribution in [2.45, 2.75) is 57.5 Å². The van der Waals surface area contributed by atoms with Crippen molar-refractivity contribution in [3.63, 3.8) is 0 Å². The molecule has 4 heterocycles. The van der Waals surface area contributed by atoms with Crippen molar-refractivity contribution < 1.29 is 57.8 Å². The molecule has 5 aromatic rings. The SMILES string of the molecule is CCNC(=O)c1nnc(-c2cc(C(C)C)c(O)cc2O)n1-c1ccc(C(=O)N2CCN(c3ccc(OC(=O)Cc4ccn([C@H]5O[C@@H](CO)[C@H](O)C5(F)F)c(=O)n4)c(OC)c3)CC2)cc1. The fourth-order valence-electron chi connectivity index (χ4n) is 7.52. The van der Waals surface area contributed by atoms with Gasteiger partial charge in [0, 0.05) is 68.0 Å². The molecule has 2 aliphatic rings. The van der Waals surface area contributed by atoms with E-state index in [-0.39, 0.29) is 57.7 Å². The van der Waals surface area contributed by atoms with Gasteiger partial charge < -0.3 is 49.8 Å². The van der Waals surface area contributed by atoms with Crippen LogP contribution in [0.15, 0.2) is 71.7 Å². The lowest BCUT2D eigenvalue weighted by Crippen LogP contribution is -2.48. The van der Waals surface area contributed by atoms with Crippen LogP contribution in [0.25, 0.3) is 17.1 Å². The van der Waals surface area contributed by atoms with E-state index in [2.05, 4.69) is 20.5 Å². The molecule has 0 radical (unpaired) electrons. The minimum Gasteiger partial charge on any atom is -0.508 e. The number of hydrogen-bond acceptors (Lipinski definition) is 15. The number of methoxy groups -OCH3 is 1. The minimum atomic E-state index is -3.89. The Balaban J connectivity index is 0.991. The van der Waals surface area contributed by atoms with Crippen LogP contribution in [0.5, 0.6) is 23.0 Å². The van der Waals surface area contributed by atoms with Gasteiger partial charge in [0.15, 0.2) is 23.4 Å². The maximum Gasteiger partial charge on any atom is 0.350 e. The number of ether oxygens (including phenoxy) is 3. The summed E-state index contributed by atoms with van der Waals surface area (Å²) in [6.45, 7) is 6.62. The van der Waals surface area contributed by atoms with Crippen LogP contribution in [0, 0.1) is 0 Å². The molecule has 338 valence electrons. The van der Waals surface area contributed by atoms with E-state index >= 15 is 0 Å². The summed E-state index contributed by atoms with van der Waals surface area (Å²) in [6.07, 6.45) is -5.69. The third-order valence-corrected chi connectivity index (χ3v) is 10.9. The first-order valence-electron chi connectivity index (χ1n) is 20.3. The summed E-state index contributed by atoms with van der Waals surface area (Å²) in [7, 11) is 1.39. The first-order chi connectivity index (χ1) is 30.6. The number of phenolic OH excluding ortho intramolecular Hbond substituents is 2. The molecule has 3 aromatic carbocycles. The van der Waals surface area contributed by atoms with Gasteiger partial charge in [-0.15, -0.1) is 10.2 Å². The molecule has 0 saturated carbocycles. The third-order valence-electron chi connectivity index (χ3n) is 10.9. The molecule has 2 aliphatic heterocycles. The largest absolute Gasteiger partial charge is 0.508 e. The molecule has 0 bridgehead atoms. The Kier molecular flexibility index (Phi) is 13.0. The predicted molar refractivity (Wildman–Crippen MR) is 223 cm³/mol. The van der Waals surface area contributed by atoms with E-state index in [1.54, 1.807) is 54.3 Å². The van der Waals surface area contributed by atoms with Crippen molar-refractivity contribution in [1.82, 2.24) is 34.5 Å². The minimum absolute atomic E-state index is 0.0407. The average Bonchev–Trinajstić information content (AvgIpc) is 3.81. The Labute approximate surface area is 364 Å². The molecule has 3 atom stereocenters. The second kappa shape index (κ2) is 18.4. The van der Waals surface area contributed by atoms with Crippen LogP contribution in [0.1, 0.15) is 65.2 Å². The molecule has 19 nitrogen and oxygen atoms in total. The van der Waals surface area contributed by atoms with Crippen LogP contribution in [0.4, 0.5) is 14.5 Å². The maximum absolute atomic E-state index is 14.6. The Bertz CT molecular complexity index is 2610. The Morgan fingerprint density at radius 2 is 1.66 bits per heavy atom. The number of aromatic nitrogens is 5. The molecular weight excluding hydrogens is 843 g/mol. The number of piperazine rings is 1. The van der Waals surface area contributed by atoms with Crippen LogP contribution in [-0.2, 0) is 16.0 Å². The molecule has 2 fully saturated rings. The molecule has 0 aliphatic carbocycles. The molecule has 2 saturated heterocycles. The van der Waals surface area contributed by atoms with E-state index in [4.69, 9.17) is 14.2 Å². The van der Waals surface area contributed by atoms with Gasteiger partial charge in [0.25, 0.3) is 11.8 Å². The lowest BCUT2D eigenvalue weighted by Gasteiger charge is -2.36. The van der Waals surface area contributed by atoms with Crippen LogP contribution >= 0.6 is 0 Å². The van der Waals surface area contributed by atoms with Crippen LogP contribution in [0.3, 0.4) is 0 Å². The summed E-state index contributed by atoms with van der Waals surface area (Å²) < 4.78 is 47.1. The smallest absolute Gasteiger partial charge is 0.350 e. The van der Waals surface area contributed by atoms with E-state index < -0.39 is 55.0 Å². The lowest BCUT2D eigenvalue weighted by atomic mass is 9.98. The summed E-state index contributed by atoms with van der Waals surface area (Å²) in [5.41, 5.74) is 1.15. The topological polar surface area (TPSA) is 244 Å². The zero-order chi connectivity index (χ0) is 46.0. The number of nitrogens with zero attached hydrogens (tertiary/aromatic N) is 7. The number of anilines is 1. The monoisotopic (exact) mass is 888 g/mol. The number of halogens is 2. The van der Waals surface area contributed by atoms with Crippen molar-refractivity contribution >= 4 is 23.5 Å². The number of carbonyl (C=O) groups excluding carboxylic acids is 3. The van der Waals surface area contributed by atoms with E-state index in [9.17, 15) is 48.4 Å². The van der Waals surface area contributed by atoms with Crippen molar-refractivity contribution in [2.24, 2.45) is 0 Å². The number of nitrogens with one attached hydrogen (secondary N) is 1. The fourth-order valence-corrected chi connectivity index (χ4v) is 7.52. The fraction of sp³-hybridized carbons (Fsp3) is 0.372. The summed E-state index contributed by atoms with van der Waals surface area (Å²) in [5.74, 6) is -5.45. The Hall–Kier alpha value is -6.97. The Morgan fingerprint density at radius 3 is 2.28 bits per heavy atom. The molecule has 7 rings (SSSR count). The van der Waals surface area contributed by atoms with Gasteiger partial charge in [0.05, 0.1) is 31.4 Å². The average molecular weight is 889 g/mol. The quantitative estimate of drug-likeness (QED) is 0.0844. The van der Waals surface area contributed by atoms with Gasteiger partial charge in [-0.25, -0.2) is 4.79 Å². The second-order valence-corrected chi connectivity index (χ2v) is 15.4. The van der Waals surface area contributed by atoms with E-state index in [0.29, 0.717) is 54.1 Å². The summed E-state index contributed by atoms with van der Waals surface area (Å²) in [5, 5.41) is 51.4. The van der Waals surface area contributed by atoms with Crippen molar-refractivity contribution in [2.75, 3.05) is 51.3 Å². The predicted octanol–water partition coefficient (Wildman–Crippen LogP) is 2.78. The number of rotatable bonds is 13. The van der Waals surface area contributed by atoms with Crippen molar-refractivity contribution in [3.05, 3.63) is 100.0 Å². The first-order valence-corrected chi connectivity index (χ1v) is 20.3. The number of phenols is 2. The maximum atomic E-state index is 14.6. The summed E-state index contributed by atoms with van der Waals surface area (Å²) in [4.78, 5) is 59.7. The van der Waals surface area contributed by atoms with E-state index in [1.165, 1.54) is 23.8 Å². The molecule has 5 N–H and O–H groups in total. The normalized spacial score (nSPS) is 18.3. The highest BCUT2D eigenvalue weighted by Crippen LogP contribution is 2.42.